The summed E-state index contributed by atoms with van der Waals surface area (Å²) in [6, 6.07) is 0. The Morgan fingerprint density at radius 3 is 1.90 bits per heavy atom. The fraction of sp³-hybridized carbons (Fsp3) is 0.714. The summed E-state index contributed by atoms with van der Waals surface area (Å²) in [4.78, 5) is 7.75. The first kappa shape index (κ1) is 12.9. The molecule has 0 unspecified atom stereocenters. The fourth-order valence-corrected chi connectivity index (χ4v) is 0.854. The van der Waals surface area contributed by atoms with E-state index in [2.05, 4.69) is 19.0 Å². The summed E-state index contributed by atoms with van der Waals surface area (Å²) >= 11 is 0. The van der Waals surface area contributed by atoms with E-state index in [1.165, 1.54) is 25.9 Å². The van der Waals surface area contributed by atoms with Gasteiger partial charge in [-0.15, -0.1) is 0 Å². The SMILES string of the molecule is C[C-]1CCNCC1.[CH-]=O.[W+2]. The molecule has 1 aliphatic rings. The Morgan fingerprint density at radius 1 is 1.30 bits per heavy atom. The van der Waals surface area contributed by atoms with Gasteiger partial charge in [-0.2, -0.15) is 19.8 Å². The van der Waals surface area contributed by atoms with Gasteiger partial charge in [0.1, 0.15) is 0 Å². The van der Waals surface area contributed by atoms with Crippen LogP contribution >= 0.6 is 0 Å². The maximum absolute atomic E-state index is 7.75. The molecule has 0 bridgehead atoms. The van der Waals surface area contributed by atoms with Gasteiger partial charge in [0.2, 0.25) is 0 Å². The molecule has 10 heavy (non-hydrogen) atoms. The third-order valence-corrected chi connectivity index (χ3v) is 1.46. The Bertz CT molecular complexity index is 64.6. The smallest absolute Gasteiger partial charge is 0.545 e. The summed E-state index contributed by atoms with van der Waals surface area (Å²) in [6.07, 6.45) is 2.58. The van der Waals surface area contributed by atoms with Gasteiger partial charge in [-0.05, 0) is 13.1 Å². The van der Waals surface area contributed by atoms with Crippen LogP contribution in [0.25, 0.3) is 0 Å². The Balaban J connectivity index is 0. The van der Waals surface area contributed by atoms with E-state index in [1.54, 1.807) is 5.92 Å². The summed E-state index contributed by atoms with van der Waals surface area (Å²) in [5.41, 5.74) is 0. The molecule has 1 rings (SSSR count). The summed E-state index contributed by atoms with van der Waals surface area (Å²) in [5, 5.41) is 3.29. The van der Waals surface area contributed by atoms with Crippen molar-refractivity contribution in [2.45, 2.75) is 19.8 Å². The van der Waals surface area contributed by atoms with E-state index in [-0.39, 0.29) is 21.1 Å². The van der Waals surface area contributed by atoms with Crippen molar-refractivity contribution in [2.24, 2.45) is 0 Å². The standard InChI is InChI=1S/C6H12N.CHO.W/c1-6-2-4-7-5-3-6;1-2;/h7H,2-5H2,1H3;1H;/q2*-1;+2. The Morgan fingerprint density at radius 2 is 1.70 bits per heavy atom. The largest absolute Gasteiger partial charge is 2.00 e. The molecular formula is C7H13NOW. The van der Waals surface area contributed by atoms with E-state index in [1.807, 2.05) is 0 Å². The predicted molar refractivity (Wildman–Crippen MR) is 37.8 cm³/mol. The number of rotatable bonds is 0. The van der Waals surface area contributed by atoms with E-state index < -0.39 is 0 Å². The van der Waals surface area contributed by atoms with Crippen LogP contribution in [0.3, 0.4) is 0 Å². The predicted octanol–water partition coefficient (Wildman–Crippen LogP) is 0.688. The Hall–Kier alpha value is 0.318. The molecule has 0 aromatic carbocycles. The normalized spacial score (nSPS) is 18.1. The number of hydrogen-bond acceptors (Lipinski definition) is 2. The zero-order chi connectivity index (χ0) is 7.11. The zero-order valence-electron chi connectivity index (χ0n) is 6.22. The van der Waals surface area contributed by atoms with Gasteiger partial charge in [0.05, 0.1) is 0 Å². The molecule has 0 spiro atoms. The van der Waals surface area contributed by atoms with Crippen molar-refractivity contribution in [3.05, 3.63) is 5.92 Å². The molecule has 1 fully saturated rings. The first-order valence-corrected chi connectivity index (χ1v) is 3.15. The molecule has 0 aromatic rings. The molecule has 3 heteroatoms. The van der Waals surface area contributed by atoms with E-state index in [4.69, 9.17) is 4.79 Å². The molecule has 0 atom stereocenters. The van der Waals surface area contributed by atoms with Crippen molar-refractivity contribution < 1.29 is 25.9 Å². The van der Waals surface area contributed by atoms with E-state index in [9.17, 15) is 0 Å². The number of hydrogen-bond donors (Lipinski definition) is 1. The van der Waals surface area contributed by atoms with Crippen LogP contribution < -0.4 is 5.32 Å². The van der Waals surface area contributed by atoms with Crippen molar-refractivity contribution in [1.82, 2.24) is 5.32 Å². The van der Waals surface area contributed by atoms with Gasteiger partial charge in [-0.3, -0.25) is 6.79 Å². The van der Waals surface area contributed by atoms with Gasteiger partial charge in [-0.1, -0.05) is 0 Å². The van der Waals surface area contributed by atoms with E-state index >= 15 is 0 Å². The van der Waals surface area contributed by atoms with Gasteiger partial charge in [0.25, 0.3) is 0 Å². The minimum Gasteiger partial charge on any atom is -0.545 e. The first-order valence-electron chi connectivity index (χ1n) is 3.15. The fourth-order valence-electron chi connectivity index (χ4n) is 0.854. The first-order chi connectivity index (χ1) is 4.39. The number of piperidine rings is 1. The minimum absolute atomic E-state index is 0. The third-order valence-electron chi connectivity index (χ3n) is 1.46. The van der Waals surface area contributed by atoms with Crippen molar-refractivity contribution >= 4 is 6.79 Å². The second-order valence-electron chi connectivity index (χ2n) is 2.21. The van der Waals surface area contributed by atoms with Gasteiger partial charge >= 0.3 is 21.1 Å². The molecule has 1 aliphatic heterocycles. The second kappa shape index (κ2) is 9.32. The maximum atomic E-state index is 7.75. The zero-order valence-corrected chi connectivity index (χ0v) is 9.16. The molecule has 1 saturated heterocycles. The summed E-state index contributed by atoms with van der Waals surface area (Å²) in [5.74, 6) is 1.65. The summed E-state index contributed by atoms with van der Waals surface area (Å²) < 4.78 is 0. The molecule has 0 aliphatic carbocycles. The molecule has 0 radical (unpaired) electrons. The third kappa shape index (κ3) is 6.44. The summed E-state index contributed by atoms with van der Waals surface area (Å²) in [7, 11) is 0. The van der Waals surface area contributed by atoms with Crippen LogP contribution in [0.2, 0.25) is 0 Å². The van der Waals surface area contributed by atoms with Gasteiger partial charge < -0.3 is 16.0 Å². The number of carbonyl (C=O) groups excluding carboxylic acids is 1. The van der Waals surface area contributed by atoms with Crippen molar-refractivity contribution in [2.75, 3.05) is 13.1 Å². The van der Waals surface area contributed by atoms with Crippen LogP contribution in [-0.4, -0.2) is 19.9 Å². The minimum atomic E-state index is 0. The van der Waals surface area contributed by atoms with Crippen molar-refractivity contribution in [3.8, 4) is 0 Å². The van der Waals surface area contributed by atoms with Crippen LogP contribution in [0.4, 0.5) is 0 Å². The van der Waals surface area contributed by atoms with Crippen molar-refractivity contribution in [1.29, 1.82) is 0 Å². The molecule has 1 N–H and O–H groups in total. The Labute approximate surface area is 77.0 Å². The number of nitrogens with one attached hydrogen (secondary N) is 1. The Kier molecular flexibility index (Phi) is 12.1. The summed E-state index contributed by atoms with van der Waals surface area (Å²) in [6.45, 7) is 7.89. The maximum Gasteiger partial charge on any atom is 2.00 e. The molecule has 0 aromatic heterocycles. The van der Waals surface area contributed by atoms with E-state index in [0.29, 0.717) is 0 Å². The quantitative estimate of drug-likeness (QED) is 0.527. The molecule has 58 valence electrons. The second-order valence-corrected chi connectivity index (χ2v) is 2.21. The van der Waals surface area contributed by atoms with Gasteiger partial charge in [0.15, 0.2) is 0 Å². The average molecular weight is 311 g/mol. The van der Waals surface area contributed by atoms with Crippen LogP contribution in [0, 0.1) is 5.92 Å². The van der Waals surface area contributed by atoms with E-state index in [0.717, 1.165) is 0 Å². The average Bonchev–Trinajstić information content (AvgIpc) is 1.94. The molecule has 0 saturated carbocycles. The molecule has 1 heterocycles. The molecule has 0 amide bonds. The molecule has 2 nitrogen and oxygen atoms in total. The van der Waals surface area contributed by atoms with Crippen molar-refractivity contribution in [3.63, 3.8) is 0 Å². The van der Waals surface area contributed by atoms with Crippen LogP contribution in [0.15, 0.2) is 0 Å². The monoisotopic (exact) mass is 311 g/mol. The topological polar surface area (TPSA) is 29.1 Å². The van der Waals surface area contributed by atoms with Crippen LogP contribution in [0.5, 0.6) is 0 Å². The van der Waals surface area contributed by atoms with Crippen LogP contribution in [-0.2, 0) is 25.9 Å². The van der Waals surface area contributed by atoms with Crippen LogP contribution in [0.1, 0.15) is 19.8 Å². The molecular weight excluding hydrogens is 298 g/mol. The van der Waals surface area contributed by atoms with Gasteiger partial charge in [-0.25, -0.2) is 0 Å². The van der Waals surface area contributed by atoms with Gasteiger partial charge in [0, 0.05) is 0 Å².